The molecule has 0 fully saturated rings. The molecule has 1 atom stereocenters. The van der Waals surface area contributed by atoms with Crippen LogP contribution in [0.2, 0.25) is 0 Å². The second-order valence-corrected chi connectivity index (χ2v) is 6.38. The van der Waals surface area contributed by atoms with E-state index in [1.807, 2.05) is 13.0 Å². The van der Waals surface area contributed by atoms with Gasteiger partial charge in [-0.3, -0.25) is 0 Å². The van der Waals surface area contributed by atoms with Gasteiger partial charge in [-0.2, -0.15) is 0 Å². The van der Waals surface area contributed by atoms with E-state index in [1.54, 1.807) is 11.3 Å². The first-order chi connectivity index (χ1) is 9.05. The third-order valence-corrected chi connectivity index (χ3v) is 4.74. The Hall–Kier alpha value is -1.29. The van der Waals surface area contributed by atoms with Gasteiger partial charge in [0.05, 0.1) is 26.6 Å². The topological polar surface area (TPSA) is 50.9 Å². The monoisotopic (exact) mass is 277 g/mol. The minimum Gasteiger partial charge on any atom is -0.397 e. The van der Waals surface area contributed by atoms with Crippen LogP contribution in [0.25, 0.3) is 10.2 Å². The number of aryl methyl sites for hydroxylation is 1. The minimum atomic E-state index is 0.425. The van der Waals surface area contributed by atoms with Crippen LogP contribution < -0.4 is 11.1 Å². The van der Waals surface area contributed by atoms with E-state index >= 15 is 0 Å². The first-order valence-corrected chi connectivity index (χ1v) is 7.80. The molecule has 19 heavy (non-hydrogen) atoms. The maximum Gasteiger partial charge on any atom is 0.0907 e. The molecule has 1 heterocycles. The summed E-state index contributed by atoms with van der Waals surface area (Å²) in [6.45, 7) is 8.74. The van der Waals surface area contributed by atoms with Gasteiger partial charge in [-0.1, -0.05) is 26.7 Å². The summed E-state index contributed by atoms with van der Waals surface area (Å²) in [4.78, 5) is 4.53. The normalized spacial score (nSPS) is 13.1. The molecule has 104 valence electrons. The van der Waals surface area contributed by atoms with Crippen LogP contribution in [0, 0.1) is 12.8 Å². The summed E-state index contributed by atoms with van der Waals surface area (Å²) < 4.78 is 1.16. The smallest absolute Gasteiger partial charge is 0.0907 e. The van der Waals surface area contributed by atoms with Crippen LogP contribution in [0.1, 0.15) is 38.6 Å². The number of thiazole rings is 1. The number of benzene rings is 1. The first kappa shape index (κ1) is 14.1. The number of aromatic nitrogens is 1. The van der Waals surface area contributed by atoms with E-state index in [1.165, 1.54) is 12.8 Å². The fraction of sp³-hybridized carbons (Fsp3) is 0.533. The van der Waals surface area contributed by atoms with Crippen molar-refractivity contribution in [2.24, 2.45) is 5.92 Å². The van der Waals surface area contributed by atoms with Gasteiger partial charge in [0, 0.05) is 6.04 Å². The van der Waals surface area contributed by atoms with Crippen molar-refractivity contribution < 1.29 is 0 Å². The van der Waals surface area contributed by atoms with Crippen molar-refractivity contribution in [1.82, 2.24) is 4.98 Å². The molecule has 1 unspecified atom stereocenters. The Morgan fingerprint density at radius 2 is 2.00 bits per heavy atom. The lowest BCUT2D eigenvalue weighted by Crippen LogP contribution is -2.25. The average molecular weight is 277 g/mol. The molecular formula is C15H23N3S. The van der Waals surface area contributed by atoms with E-state index < -0.39 is 0 Å². The Balaban J connectivity index is 2.26. The summed E-state index contributed by atoms with van der Waals surface area (Å²) in [5.74, 6) is 0.673. The van der Waals surface area contributed by atoms with Crippen LogP contribution in [0.15, 0.2) is 12.1 Å². The predicted molar refractivity (Wildman–Crippen MR) is 85.9 cm³/mol. The largest absolute Gasteiger partial charge is 0.397 e. The molecule has 3 nitrogen and oxygen atoms in total. The van der Waals surface area contributed by atoms with Gasteiger partial charge in [0.2, 0.25) is 0 Å². The van der Waals surface area contributed by atoms with Crippen molar-refractivity contribution in [1.29, 1.82) is 0 Å². The molecule has 0 aliphatic rings. The lowest BCUT2D eigenvalue weighted by atomic mass is 9.95. The summed E-state index contributed by atoms with van der Waals surface area (Å²) in [7, 11) is 0. The fourth-order valence-electron chi connectivity index (χ4n) is 2.59. The highest BCUT2D eigenvalue weighted by atomic mass is 32.1. The van der Waals surface area contributed by atoms with E-state index in [9.17, 15) is 0 Å². The van der Waals surface area contributed by atoms with Crippen LogP contribution in [-0.2, 0) is 0 Å². The van der Waals surface area contributed by atoms with Gasteiger partial charge in [-0.25, -0.2) is 4.98 Å². The van der Waals surface area contributed by atoms with Crippen molar-refractivity contribution >= 4 is 32.9 Å². The zero-order valence-corrected chi connectivity index (χ0v) is 13.0. The highest BCUT2D eigenvalue weighted by Gasteiger charge is 2.15. The van der Waals surface area contributed by atoms with Crippen LogP contribution in [0.3, 0.4) is 0 Å². The summed E-state index contributed by atoms with van der Waals surface area (Å²) in [5.41, 5.74) is 9.01. The number of fused-ring (bicyclic) bond motifs is 1. The fourth-order valence-corrected chi connectivity index (χ4v) is 3.45. The Morgan fingerprint density at radius 3 is 2.63 bits per heavy atom. The van der Waals surface area contributed by atoms with Crippen LogP contribution in [0.5, 0.6) is 0 Å². The van der Waals surface area contributed by atoms with Gasteiger partial charge in [0.1, 0.15) is 0 Å². The number of anilines is 2. The van der Waals surface area contributed by atoms with E-state index in [4.69, 9.17) is 5.73 Å². The number of hydrogen-bond acceptors (Lipinski definition) is 4. The zero-order valence-electron chi connectivity index (χ0n) is 12.2. The standard InChI is InChI=1S/C15H23N3S/c1-5-11(6-2)9(3)17-13-8-14-15(7-12(13)16)19-10(4)18-14/h7-9,11,17H,5-6,16H2,1-4H3. The quantitative estimate of drug-likeness (QED) is 0.795. The highest BCUT2D eigenvalue weighted by Crippen LogP contribution is 2.31. The van der Waals surface area contributed by atoms with E-state index in [0.717, 1.165) is 26.6 Å². The Bertz CT molecular complexity index is 558. The third-order valence-electron chi connectivity index (χ3n) is 3.81. The lowest BCUT2D eigenvalue weighted by molar-refractivity contribution is 0.438. The molecule has 0 spiro atoms. The van der Waals surface area contributed by atoms with Gasteiger partial charge in [-0.05, 0) is 31.9 Å². The molecule has 0 bridgehead atoms. The zero-order chi connectivity index (χ0) is 14.0. The summed E-state index contributed by atoms with van der Waals surface area (Å²) in [5, 5.41) is 4.64. The van der Waals surface area contributed by atoms with Gasteiger partial charge in [-0.15, -0.1) is 11.3 Å². The number of nitrogen functional groups attached to an aromatic ring is 1. The van der Waals surface area contributed by atoms with Crippen molar-refractivity contribution in [2.45, 2.75) is 46.6 Å². The lowest BCUT2D eigenvalue weighted by Gasteiger charge is -2.24. The van der Waals surface area contributed by atoms with Crippen LogP contribution in [-0.4, -0.2) is 11.0 Å². The maximum absolute atomic E-state index is 6.14. The summed E-state index contributed by atoms with van der Waals surface area (Å²) in [6, 6.07) is 4.53. The van der Waals surface area contributed by atoms with Gasteiger partial charge in [0.25, 0.3) is 0 Å². The molecule has 0 saturated carbocycles. The summed E-state index contributed by atoms with van der Waals surface area (Å²) in [6.07, 6.45) is 2.37. The Labute approximate surface area is 119 Å². The molecule has 1 aromatic heterocycles. The molecule has 2 rings (SSSR count). The van der Waals surface area contributed by atoms with Gasteiger partial charge < -0.3 is 11.1 Å². The van der Waals surface area contributed by atoms with E-state index in [0.29, 0.717) is 12.0 Å². The van der Waals surface area contributed by atoms with E-state index in [2.05, 4.69) is 37.1 Å². The molecule has 2 aromatic rings. The van der Waals surface area contributed by atoms with Crippen LogP contribution in [0.4, 0.5) is 11.4 Å². The molecule has 0 saturated heterocycles. The van der Waals surface area contributed by atoms with Crippen molar-refractivity contribution in [3.8, 4) is 0 Å². The number of nitrogens with two attached hydrogens (primary N) is 1. The molecular weight excluding hydrogens is 254 g/mol. The molecule has 0 radical (unpaired) electrons. The SMILES string of the molecule is CCC(CC)C(C)Nc1cc2nc(C)sc2cc1N. The maximum atomic E-state index is 6.14. The molecule has 0 aliphatic carbocycles. The number of nitrogens with one attached hydrogen (secondary N) is 1. The van der Waals surface area contributed by atoms with Crippen molar-refractivity contribution in [2.75, 3.05) is 11.1 Å². The molecule has 4 heteroatoms. The van der Waals surface area contributed by atoms with Gasteiger partial charge in [0.15, 0.2) is 0 Å². The average Bonchev–Trinajstić information content (AvgIpc) is 2.70. The molecule has 1 aromatic carbocycles. The Kier molecular flexibility index (Phi) is 4.30. The second kappa shape index (κ2) is 5.78. The van der Waals surface area contributed by atoms with Crippen molar-refractivity contribution in [3.05, 3.63) is 17.1 Å². The molecule has 0 aliphatic heterocycles. The van der Waals surface area contributed by atoms with E-state index in [-0.39, 0.29) is 0 Å². The number of rotatable bonds is 5. The molecule has 3 N–H and O–H groups in total. The van der Waals surface area contributed by atoms with Gasteiger partial charge >= 0.3 is 0 Å². The van der Waals surface area contributed by atoms with Crippen LogP contribution >= 0.6 is 11.3 Å². The third kappa shape index (κ3) is 3.00. The summed E-state index contributed by atoms with van der Waals surface area (Å²) >= 11 is 1.69. The van der Waals surface area contributed by atoms with Crippen molar-refractivity contribution in [3.63, 3.8) is 0 Å². The number of hydrogen-bond donors (Lipinski definition) is 2. The Morgan fingerprint density at radius 1 is 1.32 bits per heavy atom. The number of nitrogens with zero attached hydrogens (tertiary/aromatic N) is 1. The first-order valence-electron chi connectivity index (χ1n) is 6.98. The second-order valence-electron chi connectivity index (χ2n) is 5.15. The predicted octanol–water partition coefficient (Wildman–Crippen LogP) is 4.42. The minimum absolute atomic E-state index is 0.425. The molecule has 0 amide bonds. The highest BCUT2D eigenvalue weighted by molar-refractivity contribution is 7.18.